The van der Waals surface area contributed by atoms with E-state index in [2.05, 4.69) is 17.0 Å². The maximum Gasteiger partial charge on any atom is 0.165 e. The van der Waals surface area contributed by atoms with Gasteiger partial charge in [-0.15, -0.1) is 0 Å². The number of benzene rings is 1. The van der Waals surface area contributed by atoms with E-state index in [0.29, 0.717) is 6.04 Å². The van der Waals surface area contributed by atoms with Crippen LogP contribution in [0, 0.1) is 17.3 Å². The summed E-state index contributed by atoms with van der Waals surface area (Å²) in [6, 6.07) is 4.87. The van der Waals surface area contributed by atoms with E-state index in [1.807, 2.05) is 0 Å². The summed E-state index contributed by atoms with van der Waals surface area (Å²) in [5, 5.41) is 0. The van der Waals surface area contributed by atoms with Gasteiger partial charge in [0.15, 0.2) is 11.5 Å². The number of carbonyl (C=O) groups excluding carboxylic acids is 1. The summed E-state index contributed by atoms with van der Waals surface area (Å²) in [6.45, 7) is 2.36. The molecule has 7 aliphatic rings. The molecular formula is C25H31NO4. The number of hydrogen-bond donors (Lipinski definition) is 0. The van der Waals surface area contributed by atoms with Gasteiger partial charge in [0, 0.05) is 42.0 Å². The Kier molecular flexibility index (Phi) is 3.37. The van der Waals surface area contributed by atoms with E-state index in [1.54, 1.807) is 14.2 Å². The van der Waals surface area contributed by atoms with Gasteiger partial charge in [-0.3, -0.25) is 4.90 Å². The Morgan fingerprint density at radius 1 is 1.23 bits per heavy atom. The minimum Gasteiger partial charge on any atom is -0.493 e. The molecule has 30 heavy (non-hydrogen) atoms. The van der Waals surface area contributed by atoms with Crippen molar-refractivity contribution in [3.05, 3.63) is 23.3 Å². The molecule has 0 N–H and O–H groups in total. The number of likely N-dealkylation sites (tertiary alicyclic amines) is 1. The van der Waals surface area contributed by atoms with Gasteiger partial charge in [-0.25, -0.2) is 0 Å². The van der Waals surface area contributed by atoms with Crippen molar-refractivity contribution in [3.8, 4) is 11.5 Å². The van der Waals surface area contributed by atoms with Gasteiger partial charge < -0.3 is 19.0 Å². The number of nitrogens with zero attached hydrogens (tertiary/aromatic N) is 1. The minimum absolute atomic E-state index is 0.0526. The van der Waals surface area contributed by atoms with Crippen molar-refractivity contribution in [3.63, 3.8) is 0 Å². The lowest BCUT2D eigenvalue weighted by molar-refractivity contribution is -0.269. The van der Waals surface area contributed by atoms with Crippen molar-refractivity contribution in [2.45, 2.75) is 68.1 Å². The molecule has 5 aliphatic carbocycles. The predicted octanol–water partition coefficient (Wildman–Crippen LogP) is 3.12. The van der Waals surface area contributed by atoms with E-state index in [-0.39, 0.29) is 22.9 Å². The van der Waals surface area contributed by atoms with Crippen LogP contribution < -0.4 is 9.47 Å². The highest BCUT2D eigenvalue weighted by molar-refractivity contribution is 5.67. The number of piperidine rings is 1. The van der Waals surface area contributed by atoms with Gasteiger partial charge in [-0.2, -0.15) is 0 Å². The zero-order chi connectivity index (χ0) is 20.3. The molecule has 4 bridgehead atoms. The monoisotopic (exact) mass is 409 g/mol. The first-order valence-electron chi connectivity index (χ1n) is 11.7. The van der Waals surface area contributed by atoms with E-state index >= 15 is 0 Å². The van der Waals surface area contributed by atoms with Crippen LogP contribution in [-0.4, -0.2) is 56.2 Å². The topological polar surface area (TPSA) is 48.0 Å². The van der Waals surface area contributed by atoms with Crippen LogP contribution in [0.4, 0.5) is 0 Å². The van der Waals surface area contributed by atoms with Gasteiger partial charge in [0.2, 0.25) is 0 Å². The highest BCUT2D eigenvalue weighted by Gasteiger charge is 2.80. The van der Waals surface area contributed by atoms with Gasteiger partial charge in [-0.1, -0.05) is 6.07 Å². The van der Waals surface area contributed by atoms with Crippen molar-refractivity contribution in [1.82, 2.24) is 4.90 Å². The van der Waals surface area contributed by atoms with E-state index < -0.39 is 5.60 Å². The fraction of sp³-hybridized carbons (Fsp3) is 0.720. The predicted molar refractivity (Wildman–Crippen MR) is 111 cm³/mol. The molecule has 5 heteroatoms. The molecule has 1 aromatic rings. The van der Waals surface area contributed by atoms with Crippen LogP contribution in [0.2, 0.25) is 0 Å². The molecule has 0 radical (unpaired) electrons. The first-order valence-corrected chi connectivity index (χ1v) is 11.7. The van der Waals surface area contributed by atoms with Crippen LogP contribution in [0.5, 0.6) is 11.5 Å². The fourth-order valence-corrected chi connectivity index (χ4v) is 8.76. The number of rotatable bonds is 5. The summed E-state index contributed by atoms with van der Waals surface area (Å²) in [4.78, 5) is 15.2. The van der Waals surface area contributed by atoms with Gasteiger partial charge in [0.25, 0.3) is 0 Å². The molecule has 0 amide bonds. The van der Waals surface area contributed by atoms with Gasteiger partial charge >= 0.3 is 0 Å². The Morgan fingerprint density at radius 2 is 2.10 bits per heavy atom. The second-order valence-electron chi connectivity index (χ2n) is 10.8. The van der Waals surface area contributed by atoms with Crippen molar-refractivity contribution in [1.29, 1.82) is 0 Å². The van der Waals surface area contributed by atoms with E-state index in [0.717, 1.165) is 56.1 Å². The zero-order valence-corrected chi connectivity index (χ0v) is 18.0. The summed E-state index contributed by atoms with van der Waals surface area (Å²) in [6.07, 6.45) is 9.01. The van der Waals surface area contributed by atoms with E-state index in [1.165, 1.54) is 36.8 Å². The maximum atomic E-state index is 12.4. The Hall–Kier alpha value is -1.59. The third-order valence-corrected chi connectivity index (χ3v) is 10.1. The molecule has 160 valence electrons. The van der Waals surface area contributed by atoms with Gasteiger partial charge in [0.05, 0.1) is 7.11 Å². The highest BCUT2D eigenvalue weighted by atomic mass is 16.6. The van der Waals surface area contributed by atoms with Gasteiger partial charge in [-0.05, 0) is 69.0 Å². The summed E-state index contributed by atoms with van der Waals surface area (Å²) in [5.74, 6) is 2.55. The lowest BCUT2D eigenvalue weighted by atomic mass is 9.35. The summed E-state index contributed by atoms with van der Waals surface area (Å²) >= 11 is 0. The molecule has 1 saturated heterocycles. The minimum atomic E-state index is -0.522. The number of ether oxygens (including phenoxy) is 3. The van der Waals surface area contributed by atoms with Crippen LogP contribution >= 0.6 is 0 Å². The van der Waals surface area contributed by atoms with Crippen molar-refractivity contribution in [2.24, 2.45) is 17.3 Å². The summed E-state index contributed by atoms with van der Waals surface area (Å²) in [5.41, 5.74) is 2.36. The molecule has 0 aromatic heterocycles. The number of fused-ring (bicyclic) bond motifs is 2. The Morgan fingerprint density at radius 3 is 2.83 bits per heavy atom. The third kappa shape index (κ3) is 1.76. The molecule has 4 saturated carbocycles. The molecule has 2 spiro atoms. The smallest absolute Gasteiger partial charge is 0.165 e. The second-order valence-corrected chi connectivity index (χ2v) is 10.8. The lowest BCUT2D eigenvalue weighted by Crippen LogP contribution is -2.81. The number of aldehydes is 1. The number of hydrogen-bond acceptors (Lipinski definition) is 5. The normalized spacial score (nSPS) is 45.1. The fourth-order valence-electron chi connectivity index (χ4n) is 8.76. The molecule has 5 fully saturated rings. The van der Waals surface area contributed by atoms with Crippen LogP contribution in [0.3, 0.4) is 0 Å². The second kappa shape index (κ2) is 5.60. The first kappa shape index (κ1) is 18.0. The molecule has 0 unspecified atom stereocenters. The van der Waals surface area contributed by atoms with Gasteiger partial charge in [0.1, 0.15) is 18.0 Å². The lowest BCUT2D eigenvalue weighted by Gasteiger charge is -2.73. The highest BCUT2D eigenvalue weighted by Crippen LogP contribution is 2.76. The van der Waals surface area contributed by atoms with E-state index in [4.69, 9.17) is 14.2 Å². The molecule has 1 aromatic carbocycles. The SMILES string of the molecule is COc1ccc2c3c1O[C@H]1[C@@]4(OC)CC[C@@]5(C[C@@H]4C=O)[C@@H](C2)N(CC2CC2)CC[C@]315. The standard InChI is InChI=1S/C25H31NO4/c1-28-18-6-5-16-11-19-23-7-8-25(29-2,17(12-23)14-27)22-24(23,20(16)21(18)30-22)9-10-26(19)13-15-3-4-15/h5-6,14-15,17,19,22H,3-4,7-13H2,1-2H3/t17-,19-,22-,23-,24+,25-/m1/s1. The zero-order valence-electron chi connectivity index (χ0n) is 18.0. The number of carbonyl (C=O) groups is 1. The Labute approximate surface area is 178 Å². The number of methoxy groups -OCH3 is 2. The molecular weight excluding hydrogens is 378 g/mol. The molecule has 2 aliphatic heterocycles. The van der Waals surface area contributed by atoms with Crippen molar-refractivity contribution < 1.29 is 19.0 Å². The molecule has 6 atom stereocenters. The Balaban J connectivity index is 1.49. The molecule has 8 rings (SSSR count). The largest absolute Gasteiger partial charge is 0.493 e. The Bertz CT molecular complexity index is 943. The van der Waals surface area contributed by atoms with Crippen LogP contribution in [0.15, 0.2) is 12.1 Å². The summed E-state index contributed by atoms with van der Waals surface area (Å²) < 4.78 is 18.9. The third-order valence-electron chi connectivity index (χ3n) is 10.1. The van der Waals surface area contributed by atoms with Crippen LogP contribution in [0.25, 0.3) is 0 Å². The van der Waals surface area contributed by atoms with E-state index in [9.17, 15) is 4.79 Å². The first-order chi connectivity index (χ1) is 14.6. The average molecular weight is 410 g/mol. The van der Waals surface area contributed by atoms with Crippen LogP contribution in [-0.2, 0) is 21.4 Å². The molecule has 5 nitrogen and oxygen atoms in total. The quantitative estimate of drug-likeness (QED) is 0.700. The summed E-state index contributed by atoms with van der Waals surface area (Å²) in [7, 11) is 3.52. The molecule has 2 heterocycles. The van der Waals surface area contributed by atoms with Crippen LogP contribution in [0.1, 0.15) is 49.7 Å². The van der Waals surface area contributed by atoms with Crippen molar-refractivity contribution in [2.75, 3.05) is 27.3 Å². The van der Waals surface area contributed by atoms with Crippen molar-refractivity contribution >= 4 is 6.29 Å². The average Bonchev–Trinajstić information content (AvgIpc) is 3.52. The maximum absolute atomic E-state index is 12.4.